The molecule has 0 radical (unpaired) electrons. The minimum absolute atomic E-state index is 0.0272. The van der Waals surface area contributed by atoms with Crippen molar-refractivity contribution in [1.29, 1.82) is 0 Å². The van der Waals surface area contributed by atoms with E-state index in [1.807, 2.05) is 49.4 Å². The molecule has 0 bridgehead atoms. The van der Waals surface area contributed by atoms with Crippen LogP contribution in [0, 0.1) is 0 Å². The highest BCUT2D eigenvalue weighted by atomic mass is 32.1. The largest absolute Gasteiger partial charge is 0.487 e. The quantitative estimate of drug-likeness (QED) is 0.433. The van der Waals surface area contributed by atoms with Crippen molar-refractivity contribution in [1.82, 2.24) is 19.9 Å². The van der Waals surface area contributed by atoms with Gasteiger partial charge in [0.05, 0.1) is 12.0 Å². The lowest BCUT2D eigenvalue weighted by molar-refractivity contribution is 0.126. The SMILES string of the molecule is COc1ccc(-c2nc3cc(C(O)NC(C)c4ccccc4)cc(N)n3n2)s1. The van der Waals surface area contributed by atoms with E-state index in [4.69, 9.17) is 10.5 Å². The van der Waals surface area contributed by atoms with E-state index in [9.17, 15) is 5.11 Å². The summed E-state index contributed by atoms with van der Waals surface area (Å²) < 4.78 is 6.80. The lowest BCUT2D eigenvalue weighted by Gasteiger charge is -2.20. The number of hydrogen-bond donors (Lipinski definition) is 3. The van der Waals surface area contributed by atoms with Crippen LogP contribution >= 0.6 is 11.3 Å². The fourth-order valence-electron chi connectivity index (χ4n) is 3.01. The molecule has 7 nitrogen and oxygen atoms in total. The molecule has 0 aliphatic carbocycles. The third-order valence-corrected chi connectivity index (χ3v) is 5.56. The van der Waals surface area contributed by atoms with E-state index < -0.39 is 6.23 Å². The first kappa shape index (κ1) is 18.4. The molecule has 3 heterocycles. The second-order valence-corrected chi connectivity index (χ2v) is 7.49. The van der Waals surface area contributed by atoms with Gasteiger partial charge in [0.1, 0.15) is 12.0 Å². The van der Waals surface area contributed by atoms with Crippen molar-refractivity contribution in [3.8, 4) is 15.8 Å². The molecule has 0 saturated heterocycles. The Morgan fingerprint density at radius 1 is 1.14 bits per heavy atom. The van der Waals surface area contributed by atoms with Crippen molar-refractivity contribution in [2.45, 2.75) is 19.2 Å². The van der Waals surface area contributed by atoms with E-state index in [0.717, 1.165) is 15.5 Å². The molecule has 2 unspecified atom stereocenters. The van der Waals surface area contributed by atoms with E-state index in [1.165, 1.54) is 11.3 Å². The number of nitrogen functional groups attached to an aromatic ring is 1. The molecule has 0 aliphatic rings. The fourth-order valence-corrected chi connectivity index (χ4v) is 3.76. The molecule has 0 aliphatic heterocycles. The third kappa shape index (κ3) is 3.57. The summed E-state index contributed by atoms with van der Waals surface area (Å²) in [6.45, 7) is 2.00. The first-order valence-electron chi connectivity index (χ1n) is 8.84. The summed E-state index contributed by atoms with van der Waals surface area (Å²) in [5.74, 6) is 0.972. The number of rotatable bonds is 6. The molecule has 28 heavy (non-hydrogen) atoms. The lowest BCUT2D eigenvalue weighted by atomic mass is 10.1. The van der Waals surface area contributed by atoms with Crippen molar-refractivity contribution in [2.24, 2.45) is 0 Å². The summed E-state index contributed by atoms with van der Waals surface area (Å²) in [5.41, 5.74) is 8.46. The van der Waals surface area contributed by atoms with E-state index in [1.54, 1.807) is 23.8 Å². The van der Waals surface area contributed by atoms with Gasteiger partial charge in [-0.3, -0.25) is 5.32 Å². The Balaban J connectivity index is 1.61. The maximum Gasteiger partial charge on any atom is 0.192 e. The van der Waals surface area contributed by atoms with Crippen LogP contribution in [0.1, 0.15) is 30.3 Å². The van der Waals surface area contributed by atoms with E-state index in [2.05, 4.69) is 15.4 Å². The monoisotopic (exact) mass is 395 g/mol. The number of anilines is 1. The van der Waals surface area contributed by atoms with Crippen LogP contribution in [0.5, 0.6) is 5.06 Å². The Morgan fingerprint density at radius 2 is 1.93 bits per heavy atom. The fraction of sp³-hybridized carbons (Fsp3) is 0.200. The second-order valence-electron chi connectivity index (χ2n) is 6.44. The maximum atomic E-state index is 10.7. The average molecular weight is 395 g/mol. The van der Waals surface area contributed by atoms with Crippen molar-refractivity contribution in [3.63, 3.8) is 0 Å². The predicted molar refractivity (Wildman–Crippen MR) is 110 cm³/mol. The highest BCUT2D eigenvalue weighted by molar-refractivity contribution is 7.17. The molecule has 8 heteroatoms. The zero-order chi connectivity index (χ0) is 19.7. The number of benzene rings is 1. The topological polar surface area (TPSA) is 97.7 Å². The van der Waals surface area contributed by atoms with Gasteiger partial charge in [-0.2, -0.15) is 4.52 Å². The van der Waals surface area contributed by atoms with Gasteiger partial charge in [-0.1, -0.05) is 41.7 Å². The molecular weight excluding hydrogens is 374 g/mol. The minimum Gasteiger partial charge on any atom is -0.487 e. The van der Waals surface area contributed by atoms with Crippen LogP contribution in [0.4, 0.5) is 5.82 Å². The Hall–Kier alpha value is -2.94. The molecule has 2 atom stereocenters. The van der Waals surface area contributed by atoms with Gasteiger partial charge in [0, 0.05) is 11.6 Å². The Bertz CT molecular complexity index is 1090. The van der Waals surface area contributed by atoms with Gasteiger partial charge < -0.3 is 15.6 Å². The summed E-state index contributed by atoms with van der Waals surface area (Å²) >= 11 is 1.46. The number of nitrogens with two attached hydrogens (primary N) is 1. The van der Waals surface area contributed by atoms with Gasteiger partial charge >= 0.3 is 0 Å². The molecule has 1 aromatic carbocycles. The van der Waals surface area contributed by atoms with Gasteiger partial charge in [-0.05, 0) is 36.8 Å². The van der Waals surface area contributed by atoms with Crippen LogP contribution in [0.2, 0.25) is 0 Å². The standard InChI is InChI=1S/C20H21N5O2S/c1-12(13-6-4-3-5-7-13)22-20(26)14-10-16(21)25-17(11-14)23-19(24-25)15-8-9-18(27-2)28-15/h3-12,20,22,26H,21H2,1-2H3. The van der Waals surface area contributed by atoms with Crippen LogP contribution in [-0.4, -0.2) is 26.8 Å². The Labute approximate surface area is 166 Å². The molecule has 144 valence electrons. The molecule has 4 N–H and O–H groups in total. The van der Waals surface area contributed by atoms with Crippen LogP contribution in [0.15, 0.2) is 54.6 Å². The Kier molecular flexibility index (Phi) is 4.99. The van der Waals surface area contributed by atoms with Crippen molar-refractivity contribution >= 4 is 22.8 Å². The van der Waals surface area contributed by atoms with Crippen molar-refractivity contribution in [3.05, 3.63) is 65.7 Å². The number of aliphatic hydroxyl groups excluding tert-OH is 1. The first-order valence-corrected chi connectivity index (χ1v) is 9.66. The molecule has 4 aromatic rings. The first-order chi connectivity index (χ1) is 13.5. The summed E-state index contributed by atoms with van der Waals surface area (Å²) in [5, 5.41) is 19.1. The minimum atomic E-state index is -0.885. The van der Waals surface area contributed by atoms with Crippen molar-refractivity contribution in [2.75, 3.05) is 12.8 Å². The van der Waals surface area contributed by atoms with Crippen LogP contribution < -0.4 is 15.8 Å². The molecular formula is C20H21N5O2S. The number of nitrogens with one attached hydrogen (secondary N) is 1. The van der Waals surface area contributed by atoms with Gasteiger partial charge in [-0.25, -0.2) is 4.98 Å². The molecule has 0 amide bonds. The number of nitrogens with zero attached hydrogens (tertiary/aromatic N) is 3. The summed E-state index contributed by atoms with van der Waals surface area (Å²) in [7, 11) is 1.63. The third-order valence-electron chi connectivity index (χ3n) is 4.51. The summed E-state index contributed by atoms with van der Waals surface area (Å²) in [6, 6.07) is 17.2. The zero-order valence-electron chi connectivity index (χ0n) is 15.5. The number of pyridine rings is 1. The van der Waals surface area contributed by atoms with Crippen LogP contribution in [0.25, 0.3) is 16.3 Å². The van der Waals surface area contributed by atoms with Gasteiger partial charge in [0.15, 0.2) is 16.5 Å². The molecule has 0 fully saturated rings. The lowest BCUT2D eigenvalue weighted by Crippen LogP contribution is -2.24. The molecule has 3 aromatic heterocycles. The number of methoxy groups -OCH3 is 1. The summed E-state index contributed by atoms with van der Waals surface area (Å²) in [6.07, 6.45) is -0.885. The highest BCUT2D eigenvalue weighted by Gasteiger charge is 2.17. The predicted octanol–water partition coefficient (Wildman–Crippen LogP) is 3.39. The molecule has 0 spiro atoms. The van der Waals surface area contributed by atoms with Gasteiger partial charge in [-0.15, -0.1) is 5.10 Å². The van der Waals surface area contributed by atoms with Crippen LogP contribution in [-0.2, 0) is 0 Å². The number of ether oxygens (including phenoxy) is 1. The Morgan fingerprint density at radius 3 is 2.64 bits per heavy atom. The molecule has 4 rings (SSSR count). The highest BCUT2D eigenvalue weighted by Crippen LogP contribution is 2.31. The van der Waals surface area contributed by atoms with E-state index in [0.29, 0.717) is 22.9 Å². The molecule has 0 saturated carbocycles. The summed E-state index contributed by atoms with van der Waals surface area (Å²) in [4.78, 5) is 5.45. The van der Waals surface area contributed by atoms with E-state index in [-0.39, 0.29) is 6.04 Å². The maximum absolute atomic E-state index is 10.7. The van der Waals surface area contributed by atoms with Crippen LogP contribution in [0.3, 0.4) is 0 Å². The number of hydrogen-bond acceptors (Lipinski definition) is 7. The smallest absolute Gasteiger partial charge is 0.192 e. The number of aromatic nitrogens is 3. The second kappa shape index (κ2) is 7.59. The normalized spacial score (nSPS) is 13.5. The number of fused-ring (bicyclic) bond motifs is 1. The average Bonchev–Trinajstić information content (AvgIpc) is 3.35. The van der Waals surface area contributed by atoms with Crippen molar-refractivity contribution < 1.29 is 9.84 Å². The zero-order valence-corrected chi connectivity index (χ0v) is 16.4. The van der Waals surface area contributed by atoms with Gasteiger partial charge in [0.25, 0.3) is 0 Å². The number of aliphatic hydroxyl groups is 1. The van der Waals surface area contributed by atoms with Gasteiger partial charge in [0.2, 0.25) is 0 Å². The number of thiophene rings is 1. The van der Waals surface area contributed by atoms with E-state index >= 15 is 0 Å².